The summed E-state index contributed by atoms with van der Waals surface area (Å²) in [6, 6.07) is 0. The highest BCUT2D eigenvalue weighted by atomic mass is 35.5. The number of halogens is 1. The second-order valence-electron chi connectivity index (χ2n) is 3.46. The summed E-state index contributed by atoms with van der Waals surface area (Å²) < 4.78 is 5.43. The summed E-state index contributed by atoms with van der Waals surface area (Å²) in [4.78, 5) is 14.0. The molecule has 0 radical (unpaired) electrons. The number of hydrogen-bond donors (Lipinski definition) is 1. The van der Waals surface area contributed by atoms with Crippen LogP contribution in [0.3, 0.4) is 0 Å². The standard InChI is InChI=1S/C9H10ClN3O3/c1-11-8-6(13(14)15)4-12-9(7(8)10)16-5-2-3-5/h4-5H,2-3H2,1H3,(H,11,12). The lowest BCUT2D eigenvalue weighted by Crippen LogP contribution is -2.03. The lowest BCUT2D eigenvalue weighted by Gasteiger charge is -2.09. The zero-order chi connectivity index (χ0) is 11.7. The molecule has 1 aliphatic carbocycles. The average molecular weight is 244 g/mol. The highest BCUT2D eigenvalue weighted by molar-refractivity contribution is 6.35. The average Bonchev–Trinajstić information content (AvgIpc) is 3.04. The maximum absolute atomic E-state index is 10.7. The molecular formula is C9H10ClN3O3. The fourth-order valence-electron chi connectivity index (χ4n) is 1.26. The SMILES string of the molecule is CNc1c([N+](=O)[O-])cnc(OC2CC2)c1Cl. The maximum atomic E-state index is 10.7. The third kappa shape index (κ3) is 2.01. The molecule has 1 aliphatic rings. The lowest BCUT2D eigenvalue weighted by atomic mass is 10.3. The van der Waals surface area contributed by atoms with Crippen molar-refractivity contribution in [1.82, 2.24) is 4.98 Å². The molecular weight excluding hydrogens is 234 g/mol. The van der Waals surface area contributed by atoms with Gasteiger partial charge in [0.25, 0.3) is 0 Å². The molecule has 86 valence electrons. The van der Waals surface area contributed by atoms with Crippen LogP contribution in [-0.4, -0.2) is 23.1 Å². The van der Waals surface area contributed by atoms with Gasteiger partial charge in [-0.15, -0.1) is 0 Å². The highest BCUT2D eigenvalue weighted by Crippen LogP contribution is 2.39. The Morgan fingerprint density at radius 2 is 2.38 bits per heavy atom. The molecule has 1 heterocycles. The molecule has 0 aliphatic heterocycles. The molecule has 1 fully saturated rings. The number of ether oxygens (including phenoxy) is 1. The number of anilines is 1. The first-order chi connectivity index (χ1) is 7.63. The van der Waals surface area contributed by atoms with Crippen molar-refractivity contribution in [3.05, 3.63) is 21.3 Å². The first-order valence-electron chi connectivity index (χ1n) is 4.80. The third-order valence-corrected chi connectivity index (χ3v) is 2.57. The van der Waals surface area contributed by atoms with Gasteiger partial charge >= 0.3 is 5.69 Å². The van der Waals surface area contributed by atoms with Gasteiger partial charge in [-0.2, -0.15) is 0 Å². The molecule has 1 saturated carbocycles. The van der Waals surface area contributed by atoms with Crippen LogP contribution in [0.15, 0.2) is 6.20 Å². The van der Waals surface area contributed by atoms with Crippen LogP contribution < -0.4 is 10.1 Å². The predicted octanol–water partition coefficient (Wildman–Crippen LogP) is 2.23. The van der Waals surface area contributed by atoms with E-state index >= 15 is 0 Å². The van der Waals surface area contributed by atoms with Crippen LogP contribution >= 0.6 is 11.6 Å². The van der Waals surface area contributed by atoms with E-state index in [1.807, 2.05) is 0 Å². The highest BCUT2D eigenvalue weighted by Gasteiger charge is 2.28. The molecule has 2 rings (SSSR count). The van der Waals surface area contributed by atoms with E-state index in [1.165, 1.54) is 0 Å². The summed E-state index contributed by atoms with van der Waals surface area (Å²) in [5.41, 5.74) is 0.0768. The fourth-order valence-corrected chi connectivity index (χ4v) is 1.55. The molecule has 0 spiro atoms. The Kier molecular flexibility index (Phi) is 2.82. The summed E-state index contributed by atoms with van der Waals surface area (Å²) in [6.07, 6.45) is 3.25. The van der Waals surface area contributed by atoms with Crippen molar-refractivity contribution >= 4 is 23.0 Å². The predicted molar refractivity (Wildman–Crippen MR) is 59.1 cm³/mol. The van der Waals surface area contributed by atoms with Crippen molar-refractivity contribution in [2.24, 2.45) is 0 Å². The maximum Gasteiger partial charge on any atom is 0.312 e. The fraction of sp³-hybridized carbons (Fsp3) is 0.444. The van der Waals surface area contributed by atoms with E-state index in [-0.39, 0.29) is 28.4 Å². The van der Waals surface area contributed by atoms with Crippen LogP contribution in [0, 0.1) is 10.1 Å². The van der Waals surface area contributed by atoms with E-state index in [0.29, 0.717) is 0 Å². The second kappa shape index (κ2) is 4.13. The van der Waals surface area contributed by atoms with Crippen LogP contribution in [0.1, 0.15) is 12.8 Å². The molecule has 0 atom stereocenters. The van der Waals surface area contributed by atoms with E-state index < -0.39 is 4.92 Å². The van der Waals surface area contributed by atoms with Crippen LogP contribution in [0.5, 0.6) is 5.88 Å². The molecule has 7 heteroatoms. The third-order valence-electron chi connectivity index (χ3n) is 2.22. The van der Waals surface area contributed by atoms with Crippen LogP contribution in [-0.2, 0) is 0 Å². The minimum absolute atomic E-state index is 0.149. The van der Waals surface area contributed by atoms with Crippen molar-refractivity contribution in [2.75, 3.05) is 12.4 Å². The van der Waals surface area contributed by atoms with Gasteiger partial charge in [0, 0.05) is 7.05 Å². The van der Waals surface area contributed by atoms with Crippen molar-refractivity contribution in [1.29, 1.82) is 0 Å². The quantitative estimate of drug-likeness (QED) is 0.648. The van der Waals surface area contributed by atoms with E-state index in [9.17, 15) is 10.1 Å². The topological polar surface area (TPSA) is 77.3 Å². The molecule has 1 aromatic rings. The van der Waals surface area contributed by atoms with Crippen molar-refractivity contribution < 1.29 is 9.66 Å². The zero-order valence-electron chi connectivity index (χ0n) is 8.57. The minimum Gasteiger partial charge on any atom is -0.473 e. The van der Waals surface area contributed by atoms with Gasteiger partial charge in [0.1, 0.15) is 23.0 Å². The van der Waals surface area contributed by atoms with Crippen molar-refractivity contribution in [3.8, 4) is 5.88 Å². The van der Waals surface area contributed by atoms with Crippen molar-refractivity contribution in [3.63, 3.8) is 0 Å². The van der Waals surface area contributed by atoms with Gasteiger partial charge in [-0.3, -0.25) is 10.1 Å². The normalized spacial score (nSPS) is 14.6. The number of pyridine rings is 1. The Hall–Kier alpha value is -1.56. The van der Waals surface area contributed by atoms with Gasteiger partial charge in [-0.05, 0) is 12.8 Å². The van der Waals surface area contributed by atoms with Crippen LogP contribution in [0.25, 0.3) is 0 Å². The summed E-state index contributed by atoms with van der Waals surface area (Å²) in [7, 11) is 1.56. The van der Waals surface area contributed by atoms with Crippen LogP contribution in [0.4, 0.5) is 11.4 Å². The second-order valence-corrected chi connectivity index (χ2v) is 3.84. The van der Waals surface area contributed by atoms with E-state index in [0.717, 1.165) is 19.0 Å². The van der Waals surface area contributed by atoms with Gasteiger partial charge in [0.05, 0.1) is 4.92 Å². The molecule has 0 unspecified atom stereocenters. The molecule has 1 N–H and O–H groups in total. The minimum atomic E-state index is -0.536. The molecule has 0 amide bonds. The number of nitro groups is 1. The largest absolute Gasteiger partial charge is 0.473 e. The Morgan fingerprint density at radius 1 is 1.69 bits per heavy atom. The lowest BCUT2D eigenvalue weighted by molar-refractivity contribution is -0.384. The molecule has 0 aromatic carbocycles. The summed E-state index contributed by atoms with van der Waals surface area (Å²) in [5, 5.41) is 13.5. The summed E-state index contributed by atoms with van der Waals surface area (Å²) >= 11 is 5.98. The summed E-state index contributed by atoms with van der Waals surface area (Å²) in [6.45, 7) is 0. The summed E-state index contributed by atoms with van der Waals surface area (Å²) in [5.74, 6) is 0.249. The number of hydrogen-bond acceptors (Lipinski definition) is 5. The van der Waals surface area contributed by atoms with Gasteiger partial charge in [-0.1, -0.05) is 11.6 Å². The Morgan fingerprint density at radius 3 is 2.88 bits per heavy atom. The Labute approximate surface area is 96.7 Å². The van der Waals surface area contributed by atoms with Gasteiger partial charge in [-0.25, -0.2) is 4.98 Å². The zero-order valence-corrected chi connectivity index (χ0v) is 9.32. The monoisotopic (exact) mass is 243 g/mol. The molecule has 16 heavy (non-hydrogen) atoms. The van der Waals surface area contributed by atoms with Gasteiger partial charge in [0.15, 0.2) is 0 Å². The molecule has 1 aromatic heterocycles. The van der Waals surface area contributed by atoms with Crippen molar-refractivity contribution in [2.45, 2.75) is 18.9 Å². The van der Waals surface area contributed by atoms with E-state index in [1.54, 1.807) is 7.05 Å². The Balaban J connectivity index is 2.38. The molecule has 0 bridgehead atoms. The van der Waals surface area contributed by atoms with E-state index in [2.05, 4.69) is 10.3 Å². The van der Waals surface area contributed by atoms with Gasteiger partial charge < -0.3 is 10.1 Å². The number of aromatic nitrogens is 1. The Bertz CT molecular complexity index is 434. The van der Waals surface area contributed by atoms with Gasteiger partial charge in [0.2, 0.25) is 5.88 Å². The number of rotatable bonds is 4. The van der Waals surface area contributed by atoms with Crippen LogP contribution in [0.2, 0.25) is 5.02 Å². The first kappa shape index (κ1) is 10.9. The molecule has 6 nitrogen and oxygen atoms in total. The number of nitrogens with zero attached hydrogens (tertiary/aromatic N) is 2. The smallest absolute Gasteiger partial charge is 0.312 e. The number of nitrogens with one attached hydrogen (secondary N) is 1. The molecule has 0 saturated heterocycles. The first-order valence-corrected chi connectivity index (χ1v) is 5.18. The van der Waals surface area contributed by atoms with E-state index in [4.69, 9.17) is 16.3 Å².